The van der Waals surface area contributed by atoms with Gasteiger partial charge in [0, 0.05) is 26.2 Å². The molecule has 128 valence electrons. The van der Waals surface area contributed by atoms with Gasteiger partial charge in [-0.2, -0.15) is 0 Å². The van der Waals surface area contributed by atoms with Gasteiger partial charge >= 0.3 is 0 Å². The minimum Gasteiger partial charge on any atom is -0.374 e. The maximum absolute atomic E-state index is 12.3. The molecule has 3 rings (SSSR count). The quantitative estimate of drug-likeness (QED) is 0.867. The molecule has 0 amide bonds. The van der Waals surface area contributed by atoms with Crippen LogP contribution in [0.25, 0.3) is 0 Å². The second-order valence-corrected chi connectivity index (χ2v) is 7.65. The van der Waals surface area contributed by atoms with Gasteiger partial charge in [0.15, 0.2) is 0 Å². The molecule has 24 heavy (non-hydrogen) atoms. The summed E-state index contributed by atoms with van der Waals surface area (Å²) >= 11 is 0. The molecule has 1 saturated heterocycles. The number of nitrogens with zero attached hydrogens (tertiary/aromatic N) is 1. The Morgan fingerprint density at radius 1 is 1.04 bits per heavy atom. The monoisotopic (exact) mass is 346 g/mol. The van der Waals surface area contributed by atoms with Crippen LogP contribution in [0.15, 0.2) is 65.6 Å². The Morgan fingerprint density at radius 3 is 2.42 bits per heavy atom. The lowest BCUT2D eigenvalue weighted by Crippen LogP contribution is -2.47. The maximum atomic E-state index is 12.3. The molecule has 0 spiro atoms. The minimum atomic E-state index is -3.48. The third kappa shape index (κ3) is 4.64. The van der Waals surface area contributed by atoms with Crippen molar-refractivity contribution < 1.29 is 13.2 Å². The zero-order valence-corrected chi connectivity index (χ0v) is 14.3. The van der Waals surface area contributed by atoms with Crippen molar-refractivity contribution in [3.8, 4) is 0 Å². The summed E-state index contributed by atoms with van der Waals surface area (Å²) in [6, 6.07) is 18.7. The molecule has 0 aliphatic carbocycles. The van der Waals surface area contributed by atoms with E-state index in [0.717, 1.165) is 13.1 Å². The Balaban J connectivity index is 1.54. The summed E-state index contributed by atoms with van der Waals surface area (Å²) in [5, 5.41) is 0. The fourth-order valence-electron chi connectivity index (χ4n) is 2.77. The normalized spacial score (nSPS) is 19.2. The van der Waals surface area contributed by atoms with Gasteiger partial charge in [-0.05, 0) is 17.7 Å². The van der Waals surface area contributed by atoms with E-state index in [1.807, 2.05) is 18.2 Å². The van der Waals surface area contributed by atoms with Crippen LogP contribution in [0.4, 0.5) is 0 Å². The van der Waals surface area contributed by atoms with E-state index < -0.39 is 10.0 Å². The molecule has 0 saturated carbocycles. The van der Waals surface area contributed by atoms with E-state index in [4.69, 9.17) is 4.74 Å². The van der Waals surface area contributed by atoms with Gasteiger partial charge in [-0.25, -0.2) is 13.1 Å². The first-order valence-electron chi connectivity index (χ1n) is 8.06. The molecule has 5 nitrogen and oxygen atoms in total. The van der Waals surface area contributed by atoms with Crippen molar-refractivity contribution in [2.45, 2.75) is 17.5 Å². The highest BCUT2D eigenvalue weighted by Crippen LogP contribution is 2.12. The van der Waals surface area contributed by atoms with Crippen LogP contribution in [0.1, 0.15) is 5.56 Å². The highest BCUT2D eigenvalue weighted by molar-refractivity contribution is 7.89. The molecule has 1 fully saturated rings. The van der Waals surface area contributed by atoms with Gasteiger partial charge in [-0.15, -0.1) is 0 Å². The number of sulfonamides is 1. The van der Waals surface area contributed by atoms with Crippen molar-refractivity contribution in [1.82, 2.24) is 9.62 Å². The zero-order valence-electron chi connectivity index (χ0n) is 13.5. The van der Waals surface area contributed by atoms with Gasteiger partial charge < -0.3 is 4.74 Å². The van der Waals surface area contributed by atoms with Crippen LogP contribution in [0.5, 0.6) is 0 Å². The number of hydrogen-bond donors (Lipinski definition) is 1. The maximum Gasteiger partial charge on any atom is 0.240 e. The number of ether oxygens (including phenoxy) is 1. The van der Waals surface area contributed by atoms with E-state index in [-0.39, 0.29) is 17.5 Å². The van der Waals surface area contributed by atoms with E-state index in [1.54, 1.807) is 30.3 Å². The minimum absolute atomic E-state index is 0.138. The van der Waals surface area contributed by atoms with E-state index in [9.17, 15) is 8.42 Å². The largest absolute Gasteiger partial charge is 0.374 e. The topological polar surface area (TPSA) is 58.6 Å². The second-order valence-electron chi connectivity index (χ2n) is 5.88. The number of hydrogen-bond acceptors (Lipinski definition) is 4. The van der Waals surface area contributed by atoms with E-state index >= 15 is 0 Å². The predicted octanol–water partition coefficient (Wildman–Crippen LogP) is 1.87. The van der Waals surface area contributed by atoms with Crippen LogP contribution in [0.2, 0.25) is 0 Å². The highest BCUT2D eigenvalue weighted by atomic mass is 32.2. The number of rotatable bonds is 6. The van der Waals surface area contributed by atoms with Crippen molar-refractivity contribution in [1.29, 1.82) is 0 Å². The van der Waals surface area contributed by atoms with Crippen molar-refractivity contribution in [2.24, 2.45) is 0 Å². The lowest BCUT2D eigenvalue weighted by molar-refractivity contribution is -0.0276. The first kappa shape index (κ1) is 17.1. The summed E-state index contributed by atoms with van der Waals surface area (Å²) in [6.45, 7) is 3.32. The molecular formula is C18H22N2O3S. The summed E-state index contributed by atoms with van der Waals surface area (Å²) in [6.07, 6.45) is -0.138. The smallest absolute Gasteiger partial charge is 0.240 e. The molecule has 0 radical (unpaired) electrons. The van der Waals surface area contributed by atoms with Crippen molar-refractivity contribution in [3.05, 3.63) is 66.2 Å². The van der Waals surface area contributed by atoms with Gasteiger partial charge in [0.2, 0.25) is 10.0 Å². The van der Waals surface area contributed by atoms with Gasteiger partial charge in [0.1, 0.15) is 0 Å². The molecule has 1 unspecified atom stereocenters. The Bertz CT molecular complexity index is 735. The van der Waals surface area contributed by atoms with Gasteiger partial charge in [-0.1, -0.05) is 48.5 Å². The molecule has 2 aromatic carbocycles. The third-order valence-corrected chi connectivity index (χ3v) is 5.47. The summed E-state index contributed by atoms with van der Waals surface area (Å²) in [4.78, 5) is 2.57. The Hall–Kier alpha value is -1.73. The number of benzene rings is 2. The Labute approximate surface area is 143 Å². The molecule has 1 aliphatic rings. The Morgan fingerprint density at radius 2 is 1.71 bits per heavy atom. The standard InChI is InChI=1S/C18H22N2O3S/c21-24(22,18-9-5-2-6-10-18)19-13-17-15-20(11-12-23-17)14-16-7-3-1-4-8-16/h1-10,17,19H,11-15H2. The first-order chi connectivity index (χ1) is 11.6. The van der Waals surface area contributed by atoms with Crippen LogP contribution < -0.4 is 4.72 Å². The molecule has 0 bridgehead atoms. The van der Waals surface area contributed by atoms with Gasteiger partial charge in [-0.3, -0.25) is 4.90 Å². The SMILES string of the molecule is O=S(=O)(NCC1CN(Cc2ccccc2)CCO1)c1ccccc1. The fourth-order valence-corrected chi connectivity index (χ4v) is 3.86. The second kappa shape index (κ2) is 7.90. The van der Waals surface area contributed by atoms with Crippen molar-refractivity contribution >= 4 is 10.0 Å². The molecule has 1 heterocycles. The van der Waals surface area contributed by atoms with Crippen molar-refractivity contribution in [3.63, 3.8) is 0 Å². The van der Waals surface area contributed by atoms with Crippen molar-refractivity contribution in [2.75, 3.05) is 26.2 Å². The molecule has 1 aliphatic heterocycles. The van der Waals surface area contributed by atoms with Crippen LogP contribution in [0.3, 0.4) is 0 Å². The molecule has 6 heteroatoms. The van der Waals surface area contributed by atoms with Crippen LogP contribution in [-0.4, -0.2) is 45.7 Å². The average molecular weight is 346 g/mol. The van der Waals surface area contributed by atoms with Crippen LogP contribution >= 0.6 is 0 Å². The zero-order chi connectivity index (χ0) is 16.8. The summed E-state index contributed by atoms with van der Waals surface area (Å²) in [7, 11) is -3.48. The molecule has 1 atom stereocenters. The van der Waals surface area contributed by atoms with Gasteiger partial charge in [0.05, 0.1) is 17.6 Å². The lowest BCUT2D eigenvalue weighted by Gasteiger charge is -2.33. The van der Waals surface area contributed by atoms with Gasteiger partial charge in [0.25, 0.3) is 0 Å². The van der Waals surface area contributed by atoms with E-state index in [1.165, 1.54) is 5.56 Å². The summed E-state index contributed by atoms with van der Waals surface area (Å²) < 4.78 is 32.9. The van der Waals surface area contributed by atoms with Crippen LogP contribution in [-0.2, 0) is 21.3 Å². The number of morpholine rings is 1. The fraction of sp³-hybridized carbons (Fsp3) is 0.333. The third-order valence-electron chi connectivity index (χ3n) is 4.03. The van der Waals surface area contributed by atoms with E-state index in [0.29, 0.717) is 13.2 Å². The highest BCUT2D eigenvalue weighted by Gasteiger charge is 2.23. The molecule has 1 N–H and O–H groups in total. The number of nitrogens with one attached hydrogen (secondary N) is 1. The van der Waals surface area contributed by atoms with E-state index in [2.05, 4.69) is 21.8 Å². The van der Waals surface area contributed by atoms with Crippen LogP contribution in [0, 0.1) is 0 Å². The summed E-state index contributed by atoms with van der Waals surface area (Å²) in [5.74, 6) is 0. The first-order valence-corrected chi connectivity index (χ1v) is 9.54. The summed E-state index contributed by atoms with van der Waals surface area (Å²) in [5.41, 5.74) is 1.25. The predicted molar refractivity (Wildman–Crippen MR) is 93.1 cm³/mol. The molecule has 2 aromatic rings. The lowest BCUT2D eigenvalue weighted by atomic mass is 10.2. The Kier molecular flexibility index (Phi) is 5.63. The average Bonchev–Trinajstić information content (AvgIpc) is 2.62. The molecule has 0 aromatic heterocycles. The molecular weight excluding hydrogens is 324 g/mol.